The van der Waals surface area contributed by atoms with Crippen LogP contribution in [-0.2, 0) is 9.59 Å². The summed E-state index contributed by atoms with van der Waals surface area (Å²) in [5, 5.41) is 0. The maximum atomic E-state index is 12.5. The standard InChI is InChI=1S/C19H30N2O2/c1-15-5-4-11-20(13-15)18(22)8-9-19(23)21-12-10-16-6-2-3-7-17(16)14-21/h7,15-16H,2-6,8-14H2,1H3. The van der Waals surface area contributed by atoms with Crippen molar-refractivity contribution in [3.05, 3.63) is 11.6 Å². The van der Waals surface area contributed by atoms with Gasteiger partial charge in [0.25, 0.3) is 0 Å². The highest BCUT2D eigenvalue weighted by Gasteiger charge is 2.28. The van der Waals surface area contributed by atoms with Crippen LogP contribution in [0.1, 0.15) is 58.3 Å². The van der Waals surface area contributed by atoms with Crippen LogP contribution < -0.4 is 0 Å². The van der Waals surface area contributed by atoms with E-state index < -0.39 is 0 Å². The zero-order valence-electron chi connectivity index (χ0n) is 14.4. The molecule has 2 saturated heterocycles. The van der Waals surface area contributed by atoms with E-state index in [0.29, 0.717) is 24.7 Å². The zero-order valence-corrected chi connectivity index (χ0v) is 14.4. The molecule has 0 aromatic rings. The van der Waals surface area contributed by atoms with Crippen LogP contribution in [0.2, 0.25) is 0 Å². The molecule has 3 rings (SSSR count). The van der Waals surface area contributed by atoms with Gasteiger partial charge in [-0.15, -0.1) is 0 Å². The van der Waals surface area contributed by atoms with Crippen molar-refractivity contribution >= 4 is 11.8 Å². The van der Waals surface area contributed by atoms with Crippen molar-refractivity contribution in [2.45, 2.75) is 58.3 Å². The fourth-order valence-corrected chi connectivity index (χ4v) is 4.30. The Morgan fingerprint density at radius 2 is 1.83 bits per heavy atom. The van der Waals surface area contributed by atoms with Crippen LogP contribution in [0, 0.1) is 11.8 Å². The molecule has 2 heterocycles. The molecule has 0 aromatic carbocycles. The van der Waals surface area contributed by atoms with Crippen molar-refractivity contribution in [3.63, 3.8) is 0 Å². The van der Waals surface area contributed by atoms with Gasteiger partial charge in [0.05, 0.1) is 0 Å². The first kappa shape index (κ1) is 16.5. The molecule has 1 aliphatic carbocycles. The Balaban J connectivity index is 1.46. The van der Waals surface area contributed by atoms with E-state index in [9.17, 15) is 9.59 Å². The first-order chi connectivity index (χ1) is 11.1. The van der Waals surface area contributed by atoms with Crippen molar-refractivity contribution in [3.8, 4) is 0 Å². The normalized spacial score (nSPS) is 28.1. The van der Waals surface area contributed by atoms with Gasteiger partial charge >= 0.3 is 0 Å². The second kappa shape index (κ2) is 7.50. The lowest BCUT2D eigenvalue weighted by Crippen LogP contribution is -2.42. The van der Waals surface area contributed by atoms with Gasteiger partial charge in [0, 0.05) is 39.0 Å². The maximum absolute atomic E-state index is 12.5. The van der Waals surface area contributed by atoms with Crippen LogP contribution in [0.25, 0.3) is 0 Å². The quantitative estimate of drug-likeness (QED) is 0.751. The number of carbonyl (C=O) groups excluding carboxylic acids is 2. The van der Waals surface area contributed by atoms with Crippen LogP contribution >= 0.6 is 0 Å². The molecule has 0 N–H and O–H groups in total. The summed E-state index contributed by atoms with van der Waals surface area (Å²) in [6.45, 7) is 5.61. The predicted octanol–water partition coefficient (Wildman–Crippen LogP) is 2.98. The van der Waals surface area contributed by atoms with Crippen LogP contribution in [0.3, 0.4) is 0 Å². The second-order valence-electron chi connectivity index (χ2n) is 7.60. The molecule has 2 fully saturated rings. The molecule has 2 aliphatic heterocycles. The molecule has 0 spiro atoms. The Morgan fingerprint density at radius 1 is 1.04 bits per heavy atom. The lowest BCUT2D eigenvalue weighted by atomic mass is 9.82. The number of allylic oxidation sites excluding steroid dienone is 1. The summed E-state index contributed by atoms with van der Waals surface area (Å²) >= 11 is 0. The number of fused-ring (bicyclic) bond motifs is 1. The fraction of sp³-hybridized carbons (Fsp3) is 0.789. The molecule has 4 heteroatoms. The zero-order chi connectivity index (χ0) is 16.2. The minimum atomic E-state index is 0.160. The first-order valence-corrected chi connectivity index (χ1v) is 9.38. The van der Waals surface area contributed by atoms with Crippen molar-refractivity contribution in [1.82, 2.24) is 9.80 Å². The average Bonchev–Trinajstić information content (AvgIpc) is 2.59. The minimum Gasteiger partial charge on any atom is -0.342 e. The third-order valence-corrected chi connectivity index (χ3v) is 5.72. The summed E-state index contributed by atoms with van der Waals surface area (Å²) < 4.78 is 0. The van der Waals surface area contributed by atoms with Gasteiger partial charge in [0.15, 0.2) is 0 Å². The molecule has 3 aliphatic rings. The summed E-state index contributed by atoms with van der Waals surface area (Å²) in [6.07, 6.45) is 10.3. The van der Waals surface area contributed by atoms with E-state index in [1.807, 2.05) is 9.80 Å². The third kappa shape index (κ3) is 4.15. The molecule has 128 valence electrons. The molecule has 23 heavy (non-hydrogen) atoms. The molecule has 0 bridgehead atoms. The summed E-state index contributed by atoms with van der Waals surface area (Å²) in [5.41, 5.74) is 1.46. The smallest absolute Gasteiger partial charge is 0.223 e. The van der Waals surface area contributed by atoms with Crippen molar-refractivity contribution < 1.29 is 9.59 Å². The molecule has 2 amide bonds. The highest BCUT2D eigenvalue weighted by atomic mass is 16.2. The van der Waals surface area contributed by atoms with Gasteiger partial charge in [-0.2, -0.15) is 0 Å². The maximum Gasteiger partial charge on any atom is 0.223 e. The summed E-state index contributed by atoms with van der Waals surface area (Å²) in [7, 11) is 0. The largest absolute Gasteiger partial charge is 0.342 e. The van der Waals surface area contributed by atoms with Crippen LogP contribution in [0.5, 0.6) is 0 Å². The van der Waals surface area contributed by atoms with E-state index >= 15 is 0 Å². The number of likely N-dealkylation sites (tertiary alicyclic amines) is 2. The van der Waals surface area contributed by atoms with Gasteiger partial charge in [-0.3, -0.25) is 9.59 Å². The molecule has 0 aromatic heterocycles. The minimum absolute atomic E-state index is 0.160. The van der Waals surface area contributed by atoms with E-state index in [4.69, 9.17) is 0 Å². The SMILES string of the molecule is CC1CCCN(C(=O)CCC(=O)N2CCC3CCCC=C3C2)C1. The number of carbonyl (C=O) groups is 2. The van der Waals surface area contributed by atoms with E-state index in [1.54, 1.807) is 0 Å². The lowest BCUT2D eigenvalue weighted by molar-refractivity contribution is -0.138. The van der Waals surface area contributed by atoms with E-state index in [-0.39, 0.29) is 11.8 Å². The third-order valence-electron chi connectivity index (χ3n) is 5.72. The summed E-state index contributed by atoms with van der Waals surface area (Å²) in [5.74, 6) is 1.63. The Labute approximate surface area is 139 Å². The van der Waals surface area contributed by atoms with E-state index in [0.717, 1.165) is 39.0 Å². The molecule has 2 atom stereocenters. The van der Waals surface area contributed by atoms with Gasteiger partial charge < -0.3 is 9.80 Å². The summed E-state index contributed by atoms with van der Waals surface area (Å²) in [6, 6.07) is 0. The topological polar surface area (TPSA) is 40.6 Å². The van der Waals surface area contributed by atoms with E-state index in [1.165, 1.54) is 31.3 Å². The van der Waals surface area contributed by atoms with Crippen LogP contribution in [0.4, 0.5) is 0 Å². The van der Waals surface area contributed by atoms with Crippen LogP contribution in [-0.4, -0.2) is 47.8 Å². The Hall–Kier alpha value is -1.32. The molecule has 0 saturated carbocycles. The van der Waals surface area contributed by atoms with Gasteiger partial charge in [-0.1, -0.05) is 18.6 Å². The number of nitrogens with zero attached hydrogens (tertiary/aromatic N) is 2. The van der Waals surface area contributed by atoms with Crippen molar-refractivity contribution in [1.29, 1.82) is 0 Å². The van der Waals surface area contributed by atoms with Gasteiger partial charge in [-0.25, -0.2) is 0 Å². The van der Waals surface area contributed by atoms with Gasteiger partial charge in [-0.05, 0) is 50.4 Å². The fourth-order valence-electron chi connectivity index (χ4n) is 4.30. The van der Waals surface area contributed by atoms with Gasteiger partial charge in [0.1, 0.15) is 0 Å². The Morgan fingerprint density at radius 3 is 2.61 bits per heavy atom. The Bertz CT molecular complexity index is 486. The molecular weight excluding hydrogens is 288 g/mol. The van der Waals surface area contributed by atoms with Gasteiger partial charge in [0.2, 0.25) is 11.8 Å². The predicted molar refractivity (Wildman–Crippen MR) is 90.8 cm³/mol. The monoisotopic (exact) mass is 318 g/mol. The van der Waals surface area contributed by atoms with E-state index in [2.05, 4.69) is 13.0 Å². The first-order valence-electron chi connectivity index (χ1n) is 9.38. The molecule has 4 nitrogen and oxygen atoms in total. The van der Waals surface area contributed by atoms with Crippen LogP contribution in [0.15, 0.2) is 11.6 Å². The number of rotatable bonds is 3. The number of amides is 2. The van der Waals surface area contributed by atoms with Crippen molar-refractivity contribution in [2.24, 2.45) is 11.8 Å². The second-order valence-corrected chi connectivity index (χ2v) is 7.60. The number of hydrogen-bond acceptors (Lipinski definition) is 2. The highest BCUT2D eigenvalue weighted by molar-refractivity contribution is 5.84. The number of hydrogen-bond donors (Lipinski definition) is 0. The molecule has 0 radical (unpaired) electrons. The number of piperidine rings is 2. The lowest BCUT2D eigenvalue weighted by Gasteiger charge is -2.36. The highest BCUT2D eigenvalue weighted by Crippen LogP contribution is 2.32. The summed E-state index contributed by atoms with van der Waals surface area (Å²) in [4.78, 5) is 28.7. The molecular formula is C19H30N2O2. The average molecular weight is 318 g/mol. The molecule has 2 unspecified atom stereocenters. The Kier molecular flexibility index (Phi) is 5.39. The van der Waals surface area contributed by atoms with Crippen molar-refractivity contribution in [2.75, 3.05) is 26.2 Å².